The van der Waals surface area contributed by atoms with Crippen molar-refractivity contribution in [1.82, 2.24) is 15.1 Å². The molecule has 0 saturated carbocycles. The Bertz CT molecular complexity index is 1070. The van der Waals surface area contributed by atoms with E-state index < -0.39 is 6.04 Å². The maximum atomic E-state index is 13.2. The predicted molar refractivity (Wildman–Crippen MR) is 138 cm³/mol. The zero-order chi connectivity index (χ0) is 24.9. The number of anilines is 1. The van der Waals surface area contributed by atoms with Crippen molar-refractivity contribution in [2.24, 2.45) is 0 Å². The maximum Gasteiger partial charge on any atom is 0.338 e. The van der Waals surface area contributed by atoms with Crippen molar-refractivity contribution in [2.45, 2.75) is 39.8 Å². The molecule has 2 aliphatic rings. The SMILES string of the molecule is CCOC(=O)C1=C(CN2CCN(c3ccc(C)cc3)C(C)C2)N(CC)C(=O)NC1c1ccccc1. The van der Waals surface area contributed by atoms with Crippen molar-refractivity contribution >= 4 is 17.7 Å². The molecule has 1 fully saturated rings. The first-order valence-corrected chi connectivity index (χ1v) is 12.5. The van der Waals surface area contributed by atoms with Gasteiger partial charge in [-0.15, -0.1) is 0 Å². The van der Waals surface area contributed by atoms with Crippen LogP contribution < -0.4 is 10.2 Å². The fourth-order valence-electron chi connectivity index (χ4n) is 5.06. The highest BCUT2D eigenvalue weighted by molar-refractivity contribution is 5.95. The Morgan fingerprint density at radius 2 is 1.77 bits per heavy atom. The number of hydrogen-bond acceptors (Lipinski definition) is 5. The van der Waals surface area contributed by atoms with Gasteiger partial charge in [0.05, 0.1) is 18.2 Å². The van der Waals surface area contributed by atoms with Gasteiger partial charge < -0.3 is 15.0 Å². The van der Waals surface area contributed by atoms with Gasteiger partial charge in [-0.1, -0.05) is 48.0 Å². The summed E-state index contributed by atoms with van der Waals surface area (Å²) in [4.78, 5) is 32.8. The van der Waals surface area contributed by atoms with Crippen molar-refractivity contribution in [3.05, 3.63) is 77.0 Å². The number of likely N-dealkylation sites (N-methyl/N-ethyl adjacent to an activating group) is 1. The fourth-order valence-corrected chi connectivity index (χ4v) is 5.06. The molecule has 0 bridgehead atoms. The highest BCUT2D eigenvalue weighted by Crippen LogP contribution is 2.32. The average molecular weight is 477 g/mol. The summed E-state index contributed by atoms with van der Waals surface area (Å²) < 4.78 is 5.48. The van der Waals surface area contributed by atoms with Gasteiger partial charge in [-0.25, -0.2) is 9.59 Å². The smallest absolute Gasteiger partial charge is 0.338 e. The number of piperazine rings is 1. The number of nitrogens with zero attached hydrogens (tertiary/aromatic N) is 3. The van der Waals surface area contributed by atoms with Gasteiger partial charge in [-0.2, -0.15) is 0 Å². The molecule has 35 heavy (non-hydrogen) atoms. The molecule has 2 aromatic carbocycles. The summed E-state index contributed by atoms with van der Waals surface area (Å²) in [6, 6.07) is 17.9. The minimum Gasteiger partial charge on any atom is -0.463 e. The first-order valence-electron chi connectivity index (χ1n) is 12.5. The lowest BCUT2D eigenvalue weighted by molar-refractivity contribution is -0.139. The molecule has 2 aliphatic heterocycles. The van der Waals surface area contributed by atoms with E-state index in [4.69, 9.17) is 4.74 Å². The van der Waals surface area contributed by atoms with Gasteiger partial charge in [-0.05, 0) is 45.4 Å². The summed E-state index contributed by atoms with van der Waals surface area (Å²) in [5.41, 5.74) is 4.61. The normalized spacial score (nSPS) is 21.2. The Labute approximate surface area is 208 Å². The van der Waals surface area contributed by atoms with E-state index in [0.717, 1.165) is 30.9 Å². The number of carbonyl (C=O) groups excluding carboxylic acids is 2. The van der Waals surface area contributed by atoms with Crippen LogP contribution in [0.1, 0.15) is 37.9 Å². The van der Waals surface area contributed by atoms with Crippen LogP contribution in [0.25, 0.3) is 0 Å². The van der Waals surface area contributed by atoms with Gasteiger partial charge in [0.1, 0.15) is 0 Å². The van der Waals surface area contributed by atoms with Crippen LogP contribution in [0.3, 0.4) is 0 Å². The second-order valence-corrected chi connectivity index (χ2v) is 9.23. The molecule has 2 aromatic rings. The average Bonchev–Trinajstić information content (AvgIpc) is 2.85. The third kappa shape index (κ3) is 5.35. The van der Waals surface area contributed by atoms with E-state index in [9.17, 15) is 9.59 Å². The summed E-state index contributed by atoms with van der Waals surface area (Å²) in [6.45, 7) is 11.9. The van der Waals surface area contributed by atoms with E-state index >= 15 is 0 Å². The molecule has 0 aliphatic carbocycles. The molecule has 2 atom stereocenters. The number of rotatable bonds is 7. The van der Waals surface area contributed by atoms with Crippen molar-refractivity contribution in [1.29, 1.82) is 0 Å². The molecule has 0 aromatic heterocycles. The van der Waals surface area contributed by atoms with E-state index in [-0.39, 0.29) is 18.6 Å². The van der Waals surface area contributed by atoms with E-state index in [1.165, 1.54) is 11.3 Å². The van der Waals surface area contributed by atoms with Gasteiger partial charge in [0.25, 0.3) is 0 Å². The van der Waals surface area contributed by atoms with Crippen LogP contribution in [-0.2, 0) is 9.53 Å². The molecule has 4 rings (SSSR count). The first kappa shape index (κ1) is 24.8. The molecular formula is C28H36N4O3. The summed E-state index contributed by atoms with van der Waals surface area (Å²) in [6.07, 6.45) is 0. The van der Waals surface area contributed by atoms with Crippen LogP contribution in [0.2, 0.25) is 0 Å². The Morgan fingerprint density at radius 1 is 1.06 bits per heavy atom. The number of hydrogen-bond donors (Lipinski definition) is 1. The van der Waals surface area contributed by atoms with Crippen LogP contribution in [0.5, 0.6) is 0 Å². The minimum atomic E-state index is -0.535. The number of carbonyl (C=O) groups is 2. The molecule has 7 heteroatoms. The van der Waals surface area contributed by atoms with E-state index in [2.05, 4.69) is 53.2 Å². The third-order valence-electron chi connectivity index (χ3n) is 6.83. The fraction of sp³-hybridized carbons (Fsp3) is 0.429. The standard InChI is InChI=1S/C28H36N4O3/c1-5-31-24(19-30-16-17-32(21(4)18-30)23-14-12-20(3)13-15-23)25(27(33)35-6-2)26(29-28(31)34)22-10-8-7-9-11-22/h7-15,21,26H,5-6,16-19H2,1-4H3,(H,29,34). The molecule has 0 spiro atoms. The van der Waals surface area contributed by atoms with Crippen LogP contribution in [0, 0.1) is 6.92 Å². The number of benzene rings is 2. The number of ether oxygens (including phenoxy) is 1. The molecule has 7 nitrogen and oxygen atoms in total. The summed E-state index contributed by atoms with van der Waals surface area (Å²) >= 11 is 0. The topological polar surface area (TPSA) is 65.1 Å². The molecule has 2 heterocycles. The molecule has 1 saturated heterocycles. The zero-order valence-corrected chi connectivity index (χ0v) is 21.2. The number of aryl methyl sites for hydroxylation is 1. The minimum absolute atomic E-state index is 0.184. The zero-order valence-electron chi connectivity index (χ0n) is 21.2. The molecule has 1 N–H and O–H groups in total. The number of esters is 1. The highest BCUT2D eigenvalue weighted by atomic mass is 16.5. The summed E-state index contributed by atoms with van der Waals surface area (Å²) in [5, 5.41) is 3.03. The molecule has 0 radical (unpaired) electrons. The molecular weight excluding hydrogens is 440 g/mol. The Kier molecular flexibility index (Phi) is 7.76. The lowest BCUT2D eigenvalue weighted by Gasteiger charge is -2.43. The summed E-state index contributed by atoms with van der Waals surface area (Å²) in [5.74, 6) is -0.374. The van der Waals surface area contributed by atoms with Crippen LogP contribution in [0.4, 0.5) is 10.5 Å². The molecule has 2 amide bonds. The number of amides is 2. The maximum absolute atomic E-state index is 13.2. The Hall–Kier alpha value is -3.32. The van der Waals surface area contributed by atoms with Crippen LogP contribution in [0.15, 0.2) is 65.9 Å². The summed E-state index contributed by atoms with van der Waals surface area (Å²) in [7, 11) is 0. The van der Waals surface area contributed by atoms with Crippen molar-refractivity contribution in [3.8, 4) is 0 Å². The second kappa shape index (κ2) is 11.0. The van der Waals surface area contributed by atoms with Gasteiger partial charge >= 0.3 is 12.0 Å². The van der Waals surface area contributed by atoms with Gasteiger partial charge in [0.15, 0.2) is 0 Å². The first-order chi connectivity index (χ1) is 16.9. The van der Waals surface area contributed by atoms with Gasteiger partial charge in [-0.3, -0.25) is 9.80 Å². The third-order valence-corrected chi connectivity index (χ3v) is 6.83. The van der Waals surface area contributed by atoms with Crippen molar-refractivity contribution in [2.75, 3.05) is 44.2 Å². The van der Waals surface area contributed by atoms with Crippen molar-refractivity contribution < 1.29 is 14.3 Å². The Morgan fingerprint density at radius 3 is 2.40 bits per heavy atom. The lowest BCUT2D eigenvalue weighted by Crippen LogP contribution is -2.55. The molecule has 186 valence electrons. The van der Waals surface area contributed by atoms with Gasteiger partial charge in [0, 0.05) is 50.2 Å². The number of urea groups is 1. The monoisotopic (exact) mass is 476 g/mol. The van der Waals surface area contributed by atoms with E-state index in [0.29, 0.717) is 24.7 Å². The largest absolute Gasteiger partial charge is 0.463 e. The predicted octanol–water partition coefficient (Wildman–Crippen LogP) is 4.11. The second-order valence-electron chi connectivity index (χ2n) is 9.23. The van der Waals surface area contributed by atoms with Crippen LogP contribution in [-0.4, -0.2) is 67.2 Å². The highest BCUT2D eigenvalue weighted by Gasteiger charge is 2.38. The number of nitrogens with one attached hydrogen (secondary N) is 1. The van der Waals surface area contributed by atoms with Gasteiger partial charge in [0.2, 0.25) is 0 Å². The Balaban J connectivity index is 1.64. The quantitative estimate of drug-likeness (QED) is 0.610. The van der Waals surface area contributed by atoms with E-state index in [1.54, 1.807) is 11.8 Å². The van der Waals surface area contributed by atoms with E-state index in [1.807, 2.05) is 37.3 Å². The van der Waals surface area contributed by atoms with Crippen molar-refractivity contribution in [3.63, 3.8) is 0 Å². The molecule has 2 unspecified atom stereocenters. The van der Waals surface area contributed by atoms with Crippen LogP contribution >= 0.6 is 0 Å². The lowest BCUT2D eigenvalue weighted by atomic mass is 9.94.